The maximum atomic E-state index is 4.56. The molecule has 1 heterocycles. The Bertz CT molecular complexity index is 327. The SMILES string of the molecule is Cc1nc(N(C)C)c(C)c(C)c1C. The first-order valence-electron chi connectivity index (χ1n) is 4.57. The number of hydrogen-bond acceptors (Lipinski definition) is 2. The standard InChI is InChI=1S/C11H18N2/c1-7-8(2)10(4)12-11(9(7)3)13(5)6/h1-6H3. The largest absolute Gasteiger partial charge is 0.363 e. The van der Waals surface area contributed by atoms with Crippen molar-refractivity contribution in [1.29, 1.82) is 0 Å². The maximum absolute atomic E-state index is 4.56. The van der Waals surface area contributed by atoms with Gasteiger partial charge in [0.2, 0.25) is 0 Å². The van der Waals surface area contributed by atoms with E-state index in [1.807, 2.05) is 14.1 Å². The molecule has 1 aromatic heterocycles. The van der Waals surface area contributed by atoms with Gasteiger partial charge in [-0.05, 0) is 44.4 Å². The average molecular weight is 178 g/mol. The first-order chi connectivity index (χ1) is 5.95. The predicted octanol–water partition coefficient (Wildman–Crippen LogP) is 2.38. The van der Waals surface area contributed by atoms with Crippen LogP contribution in [0.4, 0.5) is 5.82 Å². The number of nitrogens with zero attached hydrogens (tertiary/aromatic N) is 2. The van der Waals surface area contributed by atoms with Crippen LogP contribution in [0.3, 0.4) is 0 Å². The molecule has 1 rings (SSSR count). The molecule has 0 spiro atoms. The minimum Gasteiger partial charge on any atom is -0.363 e. The lowest BCUT2D eigenvalue weighted by atomic mass is 10.0. The quantitative estimate of drug-likeness (QED) is 0.656. The molecular formula is C11H18N2. The lowest BCUT2D eigenvalue weighted by molar-refractivity contribution is 0.998. The normalized spacial score (nSPS) is 10.3. The van der Waals surface area contributed by atoms with E-state index in [0.29, 0.717) is 0 Å². The fourth-order valence-corrected chi connectivity index (χ4v) is 1.48. The first-order valence-corrected chi connectivity index (χ1v) is 4.57. The van der Waals surface area contributed by atoms with Gasteiger partial charge in [0.25, 0.3) is 0 Å². The molecule has 72 valence electrons. The van der Waals surface area contributed by atoms with Gasteiger partial charge in [0.1, 0.15) is 5.82 Å². The number of rotatable bonds is 1. The minimum absolute atomic E-state index is 1.08. The van der Waals surface area contributed by atoms with Crippen molar-refractivity contribution in [3.63, 3.8) is 0 Å². The van der Waals surface area contributed by atoms with Crippen LogP contribution < -0.4 is 4.90 Å². The van der Waals surface area contributed by atoms with E-state index in [-0.39, 0.29) is 0 Å². The zero-order valence-corrected chi connectivity index (χ0v) is 9.39. The van der Waals surface area contributed by atoms with Crippen LogP contribution in [0, 0.1) is 27.7 Å². The van der Waals surface area contributed by atoms with Crippen LogP contribution in [0.5, 0.6) is 0 Å². The van der Waals surface area contributed by atoms with Gasteiger partial charge >= 0.3 is 0 Å². The topological polar surface area (TPSA) is 16.1 Å². The molecule has 2 nitrogen and oxygen atoms in total. The Labute approximate surface area is 80.6 Å². The monoisotopic (exact) mass is 178 g/mol. The van der Waals surface area contributed by atoms with E-state index in [0.717, 1.165) is 11.5 Å². The average Bonchev–Trinajstić information content (AvgIpc) is 2.07. The zero-order valence-electron chi connectivity index (χ0n) is 9.39. The Morgan fingerprint density at radius 2 is 1.38 bits per heavy atom. The van der Waals surface area contributed by atoms with Crippen LogP contribution in [-0.4, -0.2) is 19.1 Å². The molecule has 0 aliphatic rings. The summed E-state index contributed by atoms with van der Waals surface area (Å²) < 4.78 is 0. The molecule has 2 heteroatoms. The Balaban J connectivity index is 3.41. The highest BCUT2D eigenvalue weighted by atomic mass is 15.1. The highest BCUT2D eigenvalue weighted by Gasteiger charge is 2.09. The first kappa shape index (κ1) is 10.0. The van der Waals surface area contributed by atoms with Gasteiger partial charge in [0.05, 0.1) is 0 Å². The van der Waals surface area contributed by atoms with E-state index in [2.05, 4.69) is 37.6 Å². The molecule has 0 radical (unpaired) electrons. The summed E-state index contributed by atoms with van der Waals surface area (Å²) in [6.07, 6.45) is 0. The molecule has 0 saturated heterocycles. The molecule has 0 atom stereocenters. The maximum Gasteiger partial charge on any atom is 0.131 e. The molecule has 13 heavy (non-hydrogen) atoms. The van der Waals surface area contributed by atoms with Crippen molar-refractivity contribution < 1.29 is 0 Å². The highest BCUT2D eigenvalue weighted by Crippen LogP contribution is 2.23. The van der Waals surface area contributed by atoms with E-state index in [1.165, 1.54) is 16.7 Å². The van der Waals surface area contributed by atoms with Gasteiger partial charge in [0, 0.05) is 19.8 Å². The molecule has 0 saturated carbocycles. The van der Waals surface area contributed by atoms with Crippen molar-refractivity contribution in [1.82, 2.24) is 4.98 Å². The molecular weight excluding hydrogens is 160 g/mol. The molecule has 0 amide bonds. The predicted molar refractivity (Wildman–Crippen MR) is 57.5 cm³/mol. The third-order valence-electron chi connectivity index (χ3n) is 2.70. The van der Waals surface area contributed by atoms with Crippen molar-refractivity contribution in [3.8, 4) is 0 Å². The van der Waals surface area contributed by atoms with Gasteiger partial charge in [-0.15, -0.1) is 0 Å². The Kier molecular flexibility index (Phi) is 2.60. The van der Waals surface area contributed by atoms with Crippen molar-refractivity contribution in [3.05, 3.63) is 22.4 Å². The number of pyridine rings is 1. The Morgan fingerprint density at radius 1 is 0.846 bits per heavy atom. The molecule has 1 aromatic rings. The van der Waals surface area contributed by atoms with E-state index >= 15 is 0 Å². The summed E-state index contributed by atoms with van der Waals surface area (Å²) in [6.45, 7) is 8.48. The second-order valence-electron chi connectivity index (χ2n) is 3.79. The summed E-state index contributed by atoms with van der Waals surface area (Å²) in [4.78, 5) is 6.62. The van der Waals surface area contributed by atoms with E-state index < -0.39 is 0 Å². The highest BCUT2D eigenvalue weighted by molar-refractivity contribution is 5.52. The third-order valence-corrected chi connectivity index (χ3v) is 2.70. The lowest BCUT2D eigenvalue weighted by Gasteiger charge is -2.18. The molecule has 0 aliphatic heterocycles. The van der Waals surface area contributed by atoms with E-state index in [4.69, 9.17) is 0 Å². The van der Waals surface area contributed by atoms with E-state index in [1.54, 1.807) is 0 Å². The summed E-state index contributed by atoms with van der Waals surface area (Å²) in [5.74, 6) is 1.08. The third kappa shape index (κ3) is 1.67. The number of aryl methyl sites for hydroxylation is 1. The summed E-state index contributed by atoms with van der Waals surface area (Å²) >= 11 is 0. The summed E-state index contributed by atoms with van der Waals surface area (Å²) in [5, 5.41) is 0. The number of hydrogen-bond donors (Lipinski definition) is 0. The van der Waals surface area contributed by atoms with Crippen LogP contribution in [0.1, 0.15) is 22.4 Å². The molecule has 0 unspecified atom stereocenters. The summed E-state index contributed by atoms with van der Waals surface area (Å²) in [7, 11) is 4.06. The molecule has 0 aromatic carbocycles. The van der Waals surface area contributed by atoms with Gasteiger partial charge in [-0.2, -0.15) is 0 Å². The molecule has 0 N–H and O–H groups in total. The molecule has 0 aliphatic carbocycles. The number of anilines is 1. The van der Waals surface area contributed by atoms with Crippen LogP contribution in [0.2, 0.25) is 0 Å². The number of aromatic nitrogens is 1. The van der Waals surface area contributed by atoms with Gasteiger partial charge in [-0.1, -0.05) is 0 Å². The smallest absolute Gasteiger partial charge is 0.131 e. The second kappa shape index (κ2) is 3.36. The van der Waals surface area contributed by atoms with Crippen LogP contribution >= 0.6 is 0 Å². The zero-order chi connectivity index (χ0) is 10.2. The van der Waals surface area contributed by atoms with Crippen LogP contribution in [0.15, 0.2) is 0 Å². The Hall–Kier alpha value is -1.05. The second-order valence-corrected chi connectivity index (χ2v) is 3.79. The van der Waals surface area contributed by atoms with Crippen molar-refractivity contribution in [2.75, 3.05) is 19.0 Å². The van der Waals surface area contributed by atoms with E-state index in [9.17, 15) is 0 Å². The van der Waals surface area contributed by atoms with Crippen molar-refractivity contribution in [2.24, 2.45) is 0 Å². The van der Waals surface area contributed by atoms with Gasteiger partial charge < -0.3 is 4.90 Å². The van der Waals surface area contributed by atoms with Crippen molar-refractivity contribution >= 4 is 5.82 Å². The van der Waals surface area contributed by atoms with Gasteiger partial charge in [-0.3, -0.25) is 0 Å². The van der Waals surface area contributed by atoms with Gasteiger partial charge in [-0.25, -0.2) is 4.98 Å². The summed E-state index contributed by atoms with van der Waals surface area (Å²) in [6, 6.07) is 0. The van der Waals surface area contributed by atoms with Crippen LogP contribution in [0.25, 0.3) is 0 Å². The lowest BCUT2D eigenvalue weighted by Crippen LogP contribution is -2.14. The van der Waals surface area contributed by atoms with Crippen LogP contribution in [-0.2, 0) is 0 Å². The fraction of sp³-hybridized carbons (Fsp3) is 0.545. The summed E-state index contributed by atoms with van der Waals surface area (Å²) in [5.41, 5.74) is 5.08. The Morgan fingerprint density at radius 3 is 1.85 bits per heavy atom. The van der Waals surface area contributed by atoms with Crippen molar-refractivity contribution in [2.45, 2.75) is 27.7 Å². The molecule has 0 bridgehead atoms. The fourth-order valence-electron chi connectivity index (χ4n) is 1.48. The minimum atomic E-state index is 1.08. The molecule has 0 fully saturated rings. The van der Waals surface area contributed by atoms with Gasteiger partial charge in [0.15, 0.2) is 0 Å².